The Morgan fingerprint density at radius 3 is 2.60 bits per heavy atom. The number of rotatable bonds is 10. The molecule has 2 aromatic rings. The van der Waals surface area contributed by atoms with E-state index in [9.17, 15) is 0 Å². The standard InChI is InChI=1S/C21H24O4/c1-3-14-24-19(10-7-13-22)18-11-12-20(21(15-18)23-2)25-16-17-8-5-4-6-9-17/h1,4-6,8-9,11-12,15,19,22H,7,10,13-14,16H2,2H3. The van der Waals surface area contributed by atoms with Gasteiger partial charge in [-0.15, -0.1) is 6.42 Å². The van der Waals surface area contributed by atoms with E-state index >= 15 is 0 Å². The van der Waals surface area contributed by atoms with Gasteiger partial charge in [0.15, 0.2) is 11.5 Å². The van der Waals surface area contributed by atoms with Crippen LogP contribution >= 0.6 is 0 Å². The minimum atomic E-state index is -0.180. The second-order valence-electron chi connectivity index (χ2n) is 5.55. The third-order valence-electron chi connectivity index (χ3n) is 3.79. The number of ether oxygens (including phenoxy) is 3. The molecule has 0 amide bonds. The van der Waals surface area contributed by atoms with Crippen LogP contribution in [0.4, 0.5) is 0 Å². The third-order valence-corrected chi connectivity index (χ3v) is 3.79. The van der Waals surface area contributed by atoms with Gasteiger partial charge in [0.05, 0.1) is 13.2 Å². The molecule has 0 aliphatic carbocycles. The quantitative estimate of drug-likeness (QED) is 0.670. The van der Waals surface area contributed by atoms with E-state index in [2.05, 4.69) is 5.92 Å². The van der Waals surface area contributed by atoms with E-state index in [-0.39, 0.29) is 19.3 Å². The number of hydrogen-bond acceptors (Lipinski definition) is 4. The summed E-state index contributed by atoms with van der Waals surface area (Å²) < 4.78 is 17.0. The molecule has 0 bridgehead atoms. The minimum Gasteiger partial charge on any atom is -0.493 e. The van der Waals surface area contributed by atoms with Gasteiger partial charge in [0.2, 0.25) is 0 Å². The molecule has 25 heavy (non-hydrogen) atoms. The topological polar surface area (TPSA) is 47.9 Å². The minimum absolute atomic E-state index is 0.116. The maximum absolute atomic E-state index is 9.07. The number of hydrogen-bond donors (Lipinski definition) is 1. The molecule has 0 fully saturated rings. The van der Waals surface area contributed by atoms with Crippen molar-refractivity contribution in [3.63, 3.8) is 0 Å². The molecule has 2 aromatic carbocycles. The van der Waals surface area contributed by atoms with E-state index in [0.717, 1.165) is 11.1 Å². The third kappa shape index (κ3) is 5.82. The molecule has 4 heteroatoms. The Kier molecular flexibility index (Phi) is 7.84. The number of terminal acetylenes is 1. The molecule has 0 heterocycles. The highest BCUT2D eigenvalue weighted by molar-refractivity contribution is 5.43. The van der Waals surface area contributed by atoms with Crippen LogP contribution in [0.2, 0.25) is 0 Å². The Bertz CT molecular complexity index is 676. The molecule has 4 nitrogen and oxygen atoms in total. The van der Waals surface area contributed by atoms with Gasteiger partial charge in [0.1, 0.15) is 13.2 Å². The summed E-state index contributed by atoms with van der Waals surface area (Å²) in [5.41, 5.74) is 2.04. The van der Waals surface area contributed by atoms with Crippen LogP contribution in [0.25, 0.3) is 0 Å². The number of aliphatic hydroxyl groups is 1. The normalized spacial score (nSPS) is 11.6. The summed E-state index contributed by atoms with van der Waals surface area (Å²) in [5.74, 6) is 3.80. The van der Waals surface area contributed by atoms with Crippen LogP contribution in [0, 0.1) is 12.3 Å². The Morgan fingerprint density at radius 1 is 1.12 bits per heavy atom. The summed E-state index contributed by atoms with van der Waals surface area (Å²) in [4.78, 5) is 0. The van der Waals surface area contributed by atoms with Crippen molar-refractivity contribution in [2.75, 3.05) is 20.3 Å². The first-order chi connectivity index (χ1) is 12.3. The van der Waals surface area contributed by atoms with E-state index in [1.165, 1.54) is 0 Å². The van der Waals surface area contributed by atoms with Gasteiger partial charge in [0, 0.05) is 6.61 Å². The van der Waals surface area contributed by atoms with E-state index in [4.69, 9.17) is 25.7 Å². The van der Waals surface area contributed by atoms with Crippen molar-refractivity contribution in [1.29, 1.82) is 0 Å². The van der Waals surface area contributed by atoms with Crippen LogP contribution < -0.4 is 9.47 Å². The van der Waals surface area contributed by atoms with E-state index in [1.54, 1.807) is 7.11 Å². The van der Waals surface area contributed by atoms with Gasteiger partial charge in [-0.2, -0.15) is 0 Å². The largest absolute Gasteiger partial charge is 0.493 e. The highest BCUT2D eigenvalue weighted by atomic mass is 16.5. The fourth-order valence-corrected chi connectivity index (χ4v) is 2.51. The summed E-state index contributed by atoms with van der Waals surface area (Å²) in [6.45, 7) is 0.814. The van der Waals surface area contributed by atoms with Gasteiger partial charge < -0.3 is 19.3 Å². The molecule has 1 unspecified atom stereocenters. The number of methoxy groups -OCH3 is 1. The van der Waals surface area contributed by atoms with Gasteiger partial charge in [-0.05, 0) is 36.1 Å². The van der Waals surface area contributed by atoms with Crippen molar-refractivity contribution in [3.8, 4) is 23.8 Å². The van der Waals surface area contributed by atoms with Crippen molar-refractivity contribution in [1.82, 2.24) is 0 Å². The lowest BCUT2D eigenvalue weighted by Crippen LogP contribution is -2.07. The molecular formula is C21H24O4. The monoisotopic (exact) mass is 340 g/mol. The second-order valence-corrected chi connectivity index (χ2v) is 5.55. The molecule has 0 radical (unpaired) electrons. The lowest BCUT2D eigenvalue weighted by molar-refractivity contribution is 0.0648. The van der Waals surface area contributed by atoms with E-state index in [0.29, 0.717) is 30.9 Å². The zero-order valence-corrected chi connectivity index (χ0v) is 14.5. The fourth-order valence-electron chi connectivity index (χ4n) is 2.51. The van der Waals surface area contributed by atoms with E-state index in [1.807, 2.05) is 48.5 Å². The Morgan fingerprint density at radius 2 is 1.92 bits per heavy atom. The van der Waals surface area contributed by atoms with Gasteiger partial charge in [-0.3, -0.25) is 0 Å². The zero-order valence-electron chi connectivity index (χ0n) is 14.5. The van der Waals surface area contributed by atoms with Crippen LogP contribution in [0.15, 0.2) is 48.5 Å². The van der Waals surface area contributed by atoms with Gasteiger partial charge in [0.25, 0.3) is 0 Å². The molecule has 2 rings (SSSR count). The summed E-state index contributed by atoms with van der Waals surface area (Å²) in [6, 6.07) is 15.7. The van der Waals surface area contributed by atoms with Crippen LogP contribution in [0.5, 0.6) is 11.5 Å². The molecular weight excluding hydrogens is 316 g/mol. The molecule has 0 saturated heterocycles. The smallest absolute Gasteiger partial charge is 0.161 e. The molecule has 1 atom stereocenters. The molecule has 0 aliphatic heterocycles. The average molecular weight is 340 g/mol. The predicted octanol–water partition coefficient (Wildman–Crippen LogP) is 3.74. The maximum atomic E-state index is 9.07. The Labute approximate surface area is 149 Å². The fraction of sp³-hybridized carbons (Fsp3) is 0.333. The Balaban J connectivity index is 2.11. The van der Waals surface area contributed by atoms with Crippen molar-refractivity contribution >= 4 is 0 Å². The second kappa shape index (κ2) is 10.4. The van der Waals surface area contributed by atoms with Crippen molar-refractivity contribution in [3.05, 3.63) is 59.7 Å². The highest BCUT2D eigenvalue weighted by Gasteiger charge is 2.15. The van der Waals surface area contributed by atoms with Crippen LogP contribution in [-0.2, 0) is 11.3 Å². The average Bonchev–Trinajstić information content (AvgIpc) is 2.67. The lowest BCUT2D eigenvalue weighted by Gasteiger charge is -2.19. The summed E-state index contributed by atoms with van der Waals surface area (Å²) in [7, 11) is 1.61. The molecule has 132 valence electrons. The van der Waals surface area contributed by atoms with Gasteiger partial charge in [-0.1, -0.05) is 42.3 Å². The summed E-state index contributed by atoms with van der Waals surface area (Å²) in [5, 5.41) is 9.07. The summed E-state index contributed by atoms with van der Waals surface area (Å²) in [6.07, 6.45) is 6.44. The SMILES string of the molecule is C#CCOC(CCCO)c1ccc(OCc2ccccc2)c(OC)c1. The summed E-state index contributed by atoms with van der Waals surface area (Å²) >= 11 is 0. The number of aliphatic hydroxyl groups excluding tert-OH is 1. The first-order valence-electron chi connectivity index (χ1n) is 8.29. The molecule has 0 aromatic heterocycles. The Hall–Kier alpha value is -2.48. The van der Waals surface area contributed by atoms with Crippen LogP contribution in [0.1, 0.15) is 30.1 Å². The molecule has 0 saturated carbocycles. The first-order valence-corrected chi connectivity index (χ1v) is 8.29. The number of benzene rings is 2. The highest BCUT2D eigenvalue weighted by Crippen LogP contribution is 2.33. The van der Waals surface area contributed by atoms with Gasteiger partial charge in [-0.25, -0.2) is 0 Å². The lowest BCUT2D eigenvalue weighted by atomic mass is 10.0. The molecule has 0 aliphatic rings. The molecule has 1 N–H and O–H groups in total. The maximum Gasteiger partial charge on any atom is 0.161 e. The van der Waals surface area contributed by atoms with Gasteiger partial charge >= 0.3 is 0 Å². The first kappa shape index (κ1) is 18.9. The zero-order chi connectivity index (χ0) is 17.9. The van der Waals surface area contributed by atoms with Crippen molar-refractivity contribution in [2.24, 2.45) is 0 Å². The van der Waals surface area contributed by atoms with Crippen LogP contribution in [0.3, 0.4) is 0 Å². The van der Waals surface area contributed by atoms with Crippen LogP contribution in [-0.4, -0.2) is 25.4 Å². The molecule has 0 spiro atoms. The predicted molar refractivity (Wildman–Crippen MR) is 97.6 cm³/mol. The van der Waals surface area contributed by atoms with Crippen molar-refractivity contribution < 1.29 is 19.3 Å². The van der Waals surface area contributed by atoms with Crippen molar-refractivity contribution in [2.45, 2.75) is 25.6 Å². The van der Waals surface area contributed by atoms with E-state index < -0.39 is 0 Å².